The Kier molecular flexibility index (Phi) is 8.67. The number of benzene rings is 2. The topological polar surface area (TPSA) is 113 Å². The van der Waals surface area contributed by atoms with Crippen LogP contribution in [0.4, 0.5) is 4.39 Å². The van der Waals surface area contributed by atoms with Crippen LogP contribution in [0, 0.1) is 5.82 Å². The predicted molar refractivity (Wildman–Crippen MR) is 110 cm³/mol. The molecule has 3 atom stereocenters. The molecule has 0 aromatic heterocycles. The largest absolute Gasteiger partial charge is 0.480 e. The van der Waals surface area contributed by atoms with E-state index >= 15 is 0 Å². The number of halogens is 1. The SMILES string of the molecule is CC(=O)N[C@H](Cc1ccccc1F)C(=O)N[C@H](CC[S@](=O)c1ccccc1)C(=O)O. The van der Waals surface area contributed by atoms with Crippen molar-refractivity contribution in [2.24, 2.45) is 0 Å². The molecule has 0 saturated carbocycles. The highest BCUT2D eigenvalue weighted by atomic mass is 32.2. The zero-order valence-corrected chi connectivity index (χ0v) is 17.2. The average molecular weight is 434 g/mol. The molecule has 2 aromatic rings. The number of nitrogens with one attached hydrogen (secondary N) is 2. The van der Waals surface area contributed by atoms with Crippen molar-refractivity contribution in [3.63, 3.8) is 0 Å². The van der Waals surface area contributed by atoms with E-state index in [0.29, 0.717) is 4.90 Å². The highest BCUT2D eigenvalue weighted by Gasteiger charge is 2.27. The number of aliphatic carboxylic acids is 1. The van der Waals surface area contributed by atoms with Crippen molar-refractivity contribution in [3.05, 3.63) is 66.0 Å². The van der Waals surface area contributed by atoms with Crippen LogP contribution >= 0.6 is 0 Å². The molecule has 9 heteroatoms. The van der Waals surface area contributed by atoms with Gasteiger partial charge in [-0.2, -0.15) is 0 Å². The summed E-state index contributed by atoms with van der Waals surface area (Å²) in [6.45, 7) is 1.21. The van der Waals surface area contributed by atoms with E-state index in [4.69, 9.17) is 0 Å². The van der Waals surface area contributed by atoms with E-state index in [-0.39, 0.29) is 24.2 Å². The summed E-state index contributed by atoms with van der Waals surface area (Å²) >= 11 is 0. The van der Waals surface area contributed by atoms with Crippen LogP contribution in [-0.2, 0) is 31.6 Å². The van der Waals surface area contributed by atoms with Crippen LogP contribution in [0.1, 0.15) is 18.9 Å². The summed E-state index contributed by atoms with van der Waals surface area (Å²) in [6.07, 6.45) is -0.213. The molecule has 0 fully saturated rings. The second-order valence-electron chi connectivity index (χ2n) is 6.60. The third kappa shape index (κ3) is 7.07. The van der Waals surface area contributed by atoms with Gasteiger partial charge < -0.3 is 15.7 Å². The highest BCUT2D eigenvalue weighted by Crippen LogP contribution is 2.11. The maximum Gasteiger partial charge on any atom is 0.326 e. The maximum atomic E-state index is 13.9. The minimum atomic E-state index is -1.42. The van der Waals surface area contributed by atoms with E-state index in [2.05, 4.69) is 10.6 Å². The molecule has 0 aliphatic rings. The van der Waals surface area contributed by atoms with Gasteiger partial charge in [-0.15, -0.1) is 0 Å². The standard InChI is InChI=1S/C21H23FN2O5S/c1-14(25)23-19(13-15-7-5-6-10-17(15)22)20(26)24-18(21(27)28)11-12-30(29)16-8-3-2-4-9-16/h2-10,18-19H,11-13H2,1H3,(H,23,25)(H,24,26)(H,27,28)/t18-,19-,30+/m1/s1. The molecule has 0 spiro atoms. The van der Waals surface area contributed by atoms with Gasteiger partial charge in [0, 0.05) is 24.0 Å². The van der Waals surface area contributed by atoms with Crippen LogP contribution in [-0.4, -0.2) is 44.9 Å². The van der Waals surface area contributed by atoms with E-state index in [1.165, 1.54) is 25.1 Å². The summed E-state index contributed by atoms with van der Waals surface area (Å²) in [4.78, 5) is 36.3. The van der Waals surface area contributed by atoms with Crippen molar-refractivity contribution in [2.75, 3.05) is 5.75 Å². The summed E-state index contributed by atoms with van der Waals surface area (Å²) in [5.41, 5.74) is 0.212. The van der Waals surface area contributed by atoms with E-state index in [1.54, 1.807) is 36.4 Å². The number of carbonyl (C=O) groups is 3. The summed E-state index contributed by atoms with van der Waals surface area (Å²) < 4.78 is 26.3. The summed E-state index contributed by atoms with van der Waals surface area (Å²) in [5, 5.41) is 14.2. The van der Waals surface area contributed by atoms with E-state index in [0.717, 1.165) is 0 Å². The van der Waals surface area contributed by atoms with Gasteiger partial charge in [-0.05, 0) is 30.2 Å². The van der Waals surface area contributed by atoms with Crippen LogP contribution in [0.5, 0.6) is 0 Å². The van der Waals surface area contributed by atoms with Crippen LogP contribution < -0.4 is 10.6 Å². The number of carbonyl (C=O) groups excluding carboxylic acids is 2. The fraction of sp³-hybridized carbons (Fsp3) is 0.286. The van der Waals surface area contributed by atoms with Gasteiger partial charge in [-0.1, -0.05) is 36.4 Å². The first-order chi connectivity index (χ1) is 14.3. The van der Waals surface area contributed by atoms with Crippen molar-refractivity contribution in [3.8, 4) is 0 Å². The van der Waals surface area contributed by atoms with Gasteiger partial charge in [0.15, 0.2) is 0 Å². The monoisotopic (exact) mass is 434 g/mol. The van der Waals surface area contributed by atoms with E-state index in [1.807, 2.05) is 0 Å². The molecule has 2 aromatic carbocycles. The zero-order chi connectivity index (χ0) is 22.1. The van der Waals surface area contributed by atoms with Crippen LogP contribution in [0.2, 0.25) is 0 Å². The van der Waals surface area contributed by atoms with Gasteiger partial charge in [0.1, 0.15) is 17.9 Å². The van der Waals surface area contributed by atoms with Crippen LogP contribution in [0.25, 0.3) is 0 Å². The number of carboxylic acids is 1. The maximum absolute atomic E-state index is 13.9. The average Bonchev–Trinajstić information content (AvgIpc) is 2.71. The molecule has 160 valence electrons. The number of carboxylic acid groups (broad SMARTS) is 1. The molecule has 0 aliphatic carbocycles. The Hall–Kier alpha value is -3.07. The third-order valence-electron chi connectivity index (χ3n) is 4.29. The summed E-state index contributed by atoms with van der Waals surface area (Å²) in [7, 11) is -1.42. The minimum absolute atomic E-state index is 0.0272. The molecule has 0 bridgehead atoms. The van der Waals surface area contributed by atoms with Crippen molar-refractivity contribution in [1.29, 1.82) is 0 Å². The molecule has 0 aliphatic heterocycles. The van der Waals surface area contributed by atoms with E-state index < -0.39 is 46.5 Å². The van der Waals surface area contributed by atoms with Gasteiger partial charge in [0.05, 0.1) is 10.8 Å². The van der Waals surface area contributed by atoms with E-state index in [9.17, 15) is 28.1 Å². The second kappa shape index (κ2) is 11.2. The number of rotatable bonds is 10. The molecule has 0 saturated heterocycles. The fourth-order valence-corrected chi connectivity index (χ4v) is 3.93. The predicted octanol–water partition coefficient (Wildman–Crippen LogP) is 1.64. The Labute approximate surface area is 176 Å². The molecule has 0 unspecified atom stereocenters. The van der Waals surface area contributed by atoms with Crippen molar-refractivity contribution in [1.82, 2.24) is 10.6 Å². The van der Waals surface area contributed by atoms with Crippen molar-refractivity contribution in [2.45, 2.75) is 36.7 Å². The number of hydrogen-bond acceptors (Lipinski definition) is 4. The lowest BCUT2D eigenvalue weighted by atomic mass is 10.0. The first-order valence-corrected chi connectivity index (χ1v) is 10.6. The Bertz CT molecular complexity index is 923. The molecular weight excluding hydrogens is 411 g/mol. The van der Waals surface area contributed by atoms with Crippen molar-refractivity contribution < 1.29 is 28.1 Å². The lowest BCUT2D eigenvalue weighted by Crippen LogP contribution is -2.52. The summed E-state index contributed by atoms with van der Waals surface area (Å²) in [5.74, 6) is -3.07. The zero-order valence-electron chi connectivity index (χ0n) is 16.3. The number of hydrogen-bond donors (Lipinski definition) is 3. The first kappa shape index (κ1) is 23.2. The quantitative estimate of drug-likeness (QED) is 0.526. The van der Waals surface area contributed by atoms with Gasteiger partial charge in [0.25, 0.3) is 0 Å². The number of amides is 2. The highest BCUT2D eigenvalue weighted by molar-refractivity contribution is 7.85. The molecule has 0 heterocycles. The van der Waals surface area contributed by atoms with Gasteiger partial charge in [0.2, 0.25) is 11.8 Å². The first-order valence-electron chi connectivity index (χ1n) is 9.25. The van der Waals surface area contributed by atoms with Gasteiger partial charge in [-0.25, -0.2) is 9.18 Å². The molecule has 3 N–H and O–H groups in total. The lowest BCUT2D eigenvalue weighted by molar-refractivity contribution is -0.142. The molecule has 7 nitrogen and oxygen atoms in total. The summed E-state index contributed by atoms with van der Waals surface area (Å²) in [6, 6.07) is 11.9. The second-order valence-corrected chi connectivity index (χ2v) is 8.17. The molecular formula is C21H23FN2O5S. The Balaban J connectivity index is 2.06. The molecule has 2 rings (SSSR count). The Morgan fingerprint density at radius 2 is 1.63 bits per heavy atom. The smallest absolute Gasteiger partial charge is 0.326 e. The molecule has 0 radical (unpaired) electrons. The normalized spacial score (nSPS) is 13.7. The third-order valence-corrected chi connectivity index (χ3v) is 5.69. The lowest BCUT2D eigenvalue weighted by Gasteiger charge is -2.21. The minimum Gasteiger partial charge on any atom is -0.480 e. The molecule has 30 heavy (non-hydrogen) atoms. The Morgan fingerprint density at radius 3 is 2.23 bits per heavy atom. The van der Waals surface area contributed by atoms with Gasteiger partial charge >= 0.3 is 5.97 Å². The van der Waals surface area contributed by atoms with Crippen LogP contribution in [0.3, 0.4) is 0 Å². The van der Waals surface area contributed by atoms with Crippen LogP contribution in [0.15, 0.2) is 59.5 Å². The van der Waals surface area contributed by atoms with Crippen molar-refractivity contribution >= 4 is 28.6 Å². The fourth-order valence-electron chi connectivity index (χ4n) is 2.78. The molecule has 2 amide bonds. The Morgan fingerprint density at radius 1 is 1.00 bits per heavy atom. The van der Waals surface area contributed by atoms with Gasteiger partial charge in [-0.3, -0.25) is 13.8 Å².